The van der Waals surface area contributed by atoms with Gasteiger partial charge in [0.05, 0.1) is 24.4 Å². The van der Waals surface area contributed by atoms with Gasteiger partial charge in [-0.1, -0.05) is 48.6 Å². The summed E-state index contributed by atoms with van der Waals surface area (Å²) in [5, 5.41) is 19.5. The van der Waals surface area contributed by atoms with E-state index in [1.165, 1.54) is 0 Å². The van der Waals surface area contributed by atoms with Crippen LogP contribution in [-0.4, -0.2) is 53.4 Å². The minimum atomic E-state index is -0.920. The molecule has 0 amide bonds. The summed E-state index contributed by atoms with van der Waals surface area (Å²) in [6, 6.07) is 13.3. The molecule has 2 aromatic carbocycles. The maximum atomic E-state index is 11.3. The van der Waals surface area contributed by atoms with Crippen molar-refractivity contribution in [2.75, 3.05) is 26.2 Å². The van der Waals surface area contributed by atoms with Crippen LogP contribution in [0.4, 0.5) is 0 Å². The molecule has 2 unspecified atom stereocenters. The number of nitrogens with zero attached hydrogens (tertiary/aromatic N) is 1. The molecule has 1 heterocycles. The number of rotatable bonds is 8. The predicted octanol–water partition coefficient (Wildman–Crippen LogP) is 3.67. The van der Waals surface area contributed by atoms with E-state index >= 15 is 0 Å². The highest BCUT2D eigenvalue weighted by Gasteiger charge is 2.17. The fraction of sp³-hybridized carbons (Fsp3) is 0.348. The summed E-state index contributed by atoms with van der Waals surface area (Å²) in [5.41, 5.74) is 4.01. The van der Waals surface area contributed by atoms with Crippen molar-refractivity contribution in [3.8, 4) is 11.1 Å². The molecule has 2 N–H and O–H groups in total. The molecule has 28 heavy (non-hydrogen) atoms. The number of aromatic carboxylic acids is 1. The highest BCUT2D eigenvalue weighted by Crippen LogP contribution is 2.31. The van der Waals surface area contributed by atoms with Gasteiger partial charge in [-0.2, -0.15) is 0 Å². The van der Waals surface area contributed by atoms with Crippen LogP contribution in [0, 0.1) is 6.92 Å². The van der Waals surface area contributed by atoms with Gasteiger partial charge in [-0.05, 0) is 42.2 Å². The average Bonchev–Trinajstić information content (AvgIpc) is 3.18. The summed E-state index contributed by atoms with van der Waals surface area (Å²) in [4.78, 5) is 13.4. The van der Waals surface area contributed by atoms with Gasteiger partial charge in [-0.25, -0.2) is 4.79 Å². The van der Waals surface area contributed by atoms with Crippen molar-refractivity contribution in [2.24, 2.45) is 0 Å². The molecule has 0 spiro atoms. The first-order chi connectivity index (χ1) is 13.5. The number of benzene rings is 2. The molecular weight excluding hydrogens is 354 g/mol. The van der Waals surface area contributed by atoms with Crippen LogP contribution in [0.5, 0.6) is 0 Å². The molecule has 0 saturated carbocycles. The second-order valence-corrected chi connectivity index (χ2v) is 7.24. The molecule has 0 radical (unpaired) electrons. The maximum Gasteiger partial charge on any atom is 0.335 e. The zero-order chi connectivity index (χ0) is 20.1. The zero-order valence-electron chi connectivity index (χ0n) is 16.3. The number of carbonyl (C=O) groups is 1. The molecule has 0 aliphatic carbocycles. The smallest absolute Gasteiger partial charge is 0.335 e. The van der Waals surface area contributed by atoms with E-state index < -0.39 is 12.1 Å². The Bertz CT molecular complexity index is 853. The molecule has 1 aliphatic heterocycles. The van der Waals surface area contributed by atoms with Crippen LogP contribution in [-0.2, 0) is 4.74 Å². The Morgan fingerprint density at radius 3 is 2.57 bits per heavy atom. The van der Waals surface area contributed by atoms with Gasteiger partial charge in [0.2, 0.25) is 0 Å². The lowest BCUT2D eigenvalue weighted by Crippen LogP contribution is -2.33. The number of aryl methyl sites for hydroxylation is 1. The molecule has 0 bridgehead atoms. The fourth-order valence-corrected chi connectivity index (χ4v) is 3.55. The van der Waals surface area contributed by atoms with Crippen LogP contribution in [0.25, 0.3) is 11.1 Å². The highest BCUT2D eigenvalue weighted by molar-refractivity contribution is 5.90. The van der Waals surface area contributed by atoms with Crippen LogP contribution in [0.1, 0.15) is 34.5 Å². The highest BCUT2D eigenvalue weighted by atomic mass is 16.5. The summed E-state index contributed by atoms with van der Waals surface area (Å²) >= 11 is 0. The summed E-state index contributed by atoms with van der Waals surface area (Å²) in [6.45, 7) is 6.39. The molecule has 2 aromatic rings. The molecule has 0 aromatic heterocycles. The van der Waals surface area contributed by atoms with Crippen molar-refractivity contribution in [1.82, 2.24) is 4.90 Å². The van der Waals surface area contributed by atoms with Gasteiger partial charge in [0, 0.05) is 19.6 Å². The summed E-state index contributed by atoms with van der Waals surface area (Å²) in [5.74, 6) is -0.920. The lowest BCUT2D eigenvalue weighted by atomic mass is 9.94. The second kappa shape index (κ2) is 9.15. The van der Waals surface area contributed by atoms with Crippen molar-refractivity contribution < 1.29 is 19.7 Å². The number of hydrogen-bond donors (Lipinski definition) is 2. The normalized spacial score (nSPS) is 16.2. The SMILES string of the molecule is Cc1cc(-c2ccccc2C(C)OCC(O)CN2CC=CC2)ccc1C(=O)O. The lowest BCUT2D eigenvalue weighted by molar-refractivity contribution is -0.0126. The Hall–Kier alpha value is -2.47. The first-order valence-electron chi connectivity index (χ1n) is 9.56. The minimum absolute atomic E-state index is 0.193. The van der Waals surface area contributed by atoms with Crippen LogP contribution in [0.2, 0.25) is 0 Å². The van der Waals surface area contributed by atoms with Gasteiger partial charge in [-0.15, -0.1) is 0 Å². The van der Waals surface area contributed by atoms with Crippen molar-refractivity contribution >= 4 is 5.97 Å². The molecule has 0 fully saturated rings. The largest absolute Gasteiger partial charge is 0.478 e. The van der Waals surface area contributed by atoms with Gasteiger partial charge in [0.15, 0.2) is 0 Å². The molecule has 2 atom stereocenters. The number of aliphatic hydroxyl groups excluding tert-OH is 1. The number of β-amino-alcohol motifs (C(OH)–C–C–N with tert-alkyl or cyclic N) is 1. The zero-order valence-corrected chi connectivity index (χ0v) is 16.3. The fourth-order valence-electron chi connectivity index (χ4n) is 3.55. The van der Waals surface area contributed by atoms with Crippen LogP contribution >= 0.6 is 0 Å². The van der Waals surface area contributed by atoms with E-state index in [0.717, 1.165) is 35.3 Å². The van der Waals surface area contributed by atoms with Gasteiger partial charge < -0.3 is 14.9 Å². The van der Waals surface area contributed by atoms with Gasteiger partial charge in [-0.3, -0.25) is 4.90 Å². The first kappa shape index (κ1) is 20.3. The molecule has 5 heteroatoms. The Morgan fingerprint density at radius 2 is 1.89 bits per heavy atom. The monoisotopic (exact) mass is 381 g/mol. The minimum Gasteiger partial charge on any atom is -0.478 e. The Labute approximate surface area is 165 Å². The maximum absolute atomic E-state index is 11.3. The third-order valence-corrected chi connectivity index (χ3v) is 5.07. The number of hydrogen-bond acceptors (Lipinski definition) is 4. The van der Waals surface area contributed by atoms with E-state index in [2.05, 4.69) is 17.1 Å². The third-order valence-electron chi connectivity index (χ3n) is 5.07. The molecule has 148 valence electrons. The molecule has 3 rings (SSSR count). The number of carboxylic acid groups (broad SMARTS) is 1. The summed E-state index contributed by atoms with van der Waals surface area (Å²) in [6.07, 6.45) is 3.47. The second-order valence-electron chi connectivity index (χ2n) is 7.24. The van der Waals surface area contributed by atoms with E-state index in [4.69, 9.17) is 4.74 Å². The van der Waals surface area contributed by atoms with Crippen LogP contribution < -0.4 is 0 Å². The van der Waals surface area contributed by atoms with Gasteiger partial charge in [0.25, 0.3) is 0 Å². The van der Waals surface area contributed by atoms with Crippen molar-refractivity contribution in [3.05, 3.63) is 71.3 Å². The topological polar surface area (TPSA) is 70.0 Å². The van der Waals surface area contributed by atoms with Crippen molar-refractivity contribution in [1.29, 1.82) is 0 Å². The number of aliphatic hydroxyl groups is 1. The van der Waals surface area contributed by atoms with Crippen LogP contribution in [0.3, 0.4) is 0 Å². The molecule has 5 nitrogen and oxygen atoms in total. The predicted molar refractivity (Wildman–Crippen MR) is 110 cm³/mol. The van der Waals surface area contributed by atoms with E-state index in [1.54, 1.807) is 13.0 Å². The average molecular weight is 381 g/mol. The molecule has 1 aliphatic rings. The van der Waals surface area contributed by atoms with Gasteiger partial charge >= 0.3 is 5.97 Å². The number of carboxylic acids is 1. The van der Waals surface area contributed by atoms with Crippen molar-refractivity contribution in [2.45, 2.75) is 26.1 Å². The Balaban J connectivity index is 1.70. The Kier molecular flexibility index (Phi) is 6.62. The number of ether oxygens (including phenoxy) is 1. The summed E-state index contributed by atoms with van der Waals surface area (Å²) in [7, 11) is 0. The van der Waals surface area contributed by atoms with Crippen molar-refractivity contribution in [3.63, 3.8) is 0 Å². The molecular formula is C23H27NO4. The van der Waals surface area contributed by atoms with E-state index in [-0.39, 0.29) is 12.7 Å². The lowest BCUT2D eigenvalue weighted by Gasteiger charge is -2.22. The van der Waals surface area contributed by atoms with E-state index in [1.807, 2.05) is 43.3 Å². The first-order valence-corrected chi connectivity index (χ1v) is 9.56. The van der Waals surface area contributed by atoms with E-state index in [0.29, 0.717) is 12.1 Å². The van der Waals surface area contributed by atoms with Crippen LogP contribution in [0.15, 0.2) is 54.6 Å². The standard InChI is InChI=1S/C23H27NO4/c1-16-13-18(9-10-20(16)23(26)27)22-8-4-3-7-21(22)17(2)28-15-19(25)14-24-11-5-6-12-24/h3-10,13,17,19,25H,11-12,14-15H2,1-2H3,(H,26,27). The summed E-state index contributed by atoms with van der Waals surface area (Å²) < 4.78 is 5.96. The van der Waals surface area contributed by atoms with E-state index in [9.17, 15) is 15.0 Å². The third kappa shape index (κ3) is 4.87. The van der Waals surface area contributed by atoms with Gasteiger partial charge in [0.1, 0.15) is 0 Å². The quantitative estimate of drug-likeness (QED) is 0.683. The molecule has 0 saturated heterocycles. The Morgan fingerprint density at radius 1 is 1.18 bits per heavy atom.